The molecule has 29 heavy (non-hydrogen) atoms. The second-order valence-corrected chi connectivity index (χ2v) is 6.70. The van der Waals surface area contributed by atoms with Gasteiger partial charge >= 0.3 is 5.97 Å². The van der Waals surface area contributed by atoms with Crippen molar-refractivity contribution in [1.29, 1.82) is 5.41 Å². The Labute approximate surface area is 168 Å². The molecule has 3 rings (SSSR count). The molecule has 0 radical (unpaired) electrons. The molecule has 0 unspecified atom stereocenters. The van der Waals surface area contributed by atoms with E-state index in [-0.39, 0.29) is 17.7 Å². The third-order valence-electron chi connectivity index (χ3n) is 4.58. The molecule has 0 fully saturated rings. The summed E-state index contributed by atoms with van der Waals surface area (Å²) in [5.74, 6) is -0.417. The molecular formula is C22H24N4O3. The Morgan fingerprint density at radius 1 is 1.10 bits per heavy atom. The second kappa shape index (κ2) is 9.05. The van der Waals surface area contributed by atoms with E-state index in [1.165, 1.54) is 0 Å². The Bertz CT molecular complexity index is 1040. The van der Waals surface area contributed by atoms with Crippen molar-refractivity contribution in [3.05, 3.63) is 70.9 Å². The zero-order chi connectivity index (χ0) is 20.8. The number of benzene rings is 2. The summed E-state index contributed by atoms with van der Waals surface area (Å²) in [6.07, 6.45) is 0.985. The maximum Gasteiger partial charge on any atom is 0.306 e. The van der Waals surface area contributed by atoms with E-state index in [2.05, 4.69) is 10.3 Å². The van der Waals surface area contributed by atoms with E-state index >= 15 is 0 Å². The number of nitrogens with one attached hydrogen (secondary N) is 3. The first-order valence-electron chi connectivity index (χ1n) is 9.45. The van der Waals surface area contributed by atoms with Gasteiger partial charge in [0.05, 0.1) is 6.61 Å². The van der Waals surface area contributed by atoms with Crippen LogP contribution < -0.4 is 11.1 Å². The highest BCUT2D eigenvalue weighted by molar-refractivity contribution is 6.02. The number of carbonyl (C=O) groups excluding carboxylic acids is 2. The lowest BCUT2D eigenvalue weighted by Gasteiger charge is -2.06. The first-order valence-corrected chi connectivity index (χ1v) is 9.45. The maximum atomic E-state index is 12.5. The lowest BCUT2D eigenvalue weighted by atomic mass is 10.1. The Kier molecular flexibility index (Phi) is 6.29. The van der Waals surface area contributed by atoms with Crippen LogP contribution in [0.25, 0.3) is 10.9 Å². The van der Waals surface area contributed by atoms with Gasteiger partial charge in [-0.25, -0.2) is 0 Å². The van der Waals surface area contributed by atoms with Crippen molar-refractivity contribution in [2.75, 3.05) is 6.61 Å². The smallest absolute Gasteiger partial charge is 0.306 e. The van der Waals surface area contributed by atoms with Gasteiger partial charge in [-0.1, -0.05) is 24.3 Å². The standard InChI is InChI=1S/C22H24N4O3/c1-2-29-20(27)10-7-14-3-5-15(6-4-14)13-25-22(28)19-12-17-11-16(21(23)24)8-9-18(17)26-19/h3-6,8-9,11-12,26H,2,7,10,13H2,1H3,(H3,23,24)(H,25,28). The summed E-state index contributed by atoms with van der Waals surface area (Å²) >= 11 is 0. The molecule has 0 aliphatic heterocycles. The van der Waals surface area contributed by atoms with Crippen LogP contribution in [0.2, 0.25) is 0 Å². The highest BCUT2D eigenvalue weighted by Crippen LogP contribution is 2.17. The molecular weight excluding hydrogens is 368 g/mol. The zero-order valence-electron chi connectivity index (χ0n) is 16.2. The van der Waals surface area contributed by atoms with Gasteiger partial charge in [0, 0.05) is 29.4 Å². The molecule has 0 saturated carbocycles. The van der Waals surface area contributed by atoms with Crippen LogP contribution in [0.1, 0.15) is 40.5 Å². The van der Waals surface area contributed by atoms with Gasteiger partial charge in [-0.05, 0) is 48.7 Å². The van der Waals surface area contributed by atoms with E-state index in [9.17, 15) is 9.59 Å². The van der Waals surface area contributed by atoms with Crippen molar-refractivity contribution in [3.63, 3.8) is 0 Å². The third-order valence-corrected chi connectivity index (χ3v) is 4.58. The van der Waals surface area contributed by atoms with Crippen LogP contribution in [0.15, 0.2) is 48.5 Å². The van der Waals surface area contributed by atoms with Gasteiger partial charge in [0.15, 0.2) is 0 Å². The number of nitrogens with two attached hydrogens (primary N) is 1. The number of H-pyrrole nitrogens is 1. The topological polar surface area (TPSA) is 121 Å². The van der Waals surface area contributed by atoms with Crippen molar-refractivity contribution in [2.45, 2.75) is 26.3 Å². The molecule has 0 aliphatic carbocycles. The van der Waals surface area contributed by atoms with E-state index < -0.39 is 0 Å². The van der Waals surface area contributed by atoms with E-state index in [0.717, 1.165) is 22.0 Å². The summed E-state index contributed by atoms with van der Waals surface area (Å²) in [6, 6.07) is 14.8. The summed E-state index contributed by atoms with van der Waals surface area (Å²) in [5, 5.41) is 11.2. The minimum absolute atomic E-state index is 0.00944. The SMILES string of the molecule is CCOC(=O)CCc1ccc(CNC(=O)c2cc3cc(C(=N)N)ccc3[nH]2)cc1. The molecule has 0 atom stereocenters. The molecule has 5 N–H and O–H groups in total. The molecule has 150 valence electrons. The quantitative estimate of drug-likeness (QED) is 0.267. The average molecular weight is 392 g/mol. The Balaban J connectivity index is 1.57. The summed E-state index contributed by atoms with van der Waals surface area (Å²) in [7, 11) is 0. The van der Waals surface area contributed by atoms with Gasteiger partial charge in [0.25, 0.3) is 5.91 Å². The van der Waals surface area contributed by atoms with Gasteiger partial charge < -0.3 is 20.8 Å². The number of amides is 1. The number of aryl methyl sites for hydroxylation is 1. The molecule has 0 saturated heterocycles. The van der Waals surface area contributed by atoms with Crippen molar-refractivity contribution in [1.82, 2.24) is 10.3 Å². The molecule has 1 aromatic heterocycles. The number of hydrogen-bond donors (Lipinski definition) is 4. The van der Waals surface area contributed by atoms with Crippen molar-refractivity contribution in [3.8, 4) is 0 Å². The van der Waals surface area contributed by atoms with E-state index in [0.29, 0.717) is 37.3 Å². The monoisotopic (exact) mass is 392 g/mol. The van der Waals surface area contributed by atoms with E-state index in [1.54, 1.807) is 31.2 Å². The van der Waals surface area contributed by atoms with E-state index in [1.807, 2.05) is 24.3 Å². The number of hydrogen-bond acceptors (Lipinski definition) is 4. The first kappa shape index (κ1) is 20.1. The van der Waals surface area contributed by atoms with Crippen LogP contribution in [-0.4, -0.2) is 29.3 Å². The fourth-order valence-corrected chi connectivity index (χ4v) is 3.00. The number of rotatable bonds is 8. The van der Waals surface area contributed by atoms with Gasteiger partial charge in [0.1, 0.15) is 11.5 Å². The van der Waals surface area contributed by atoms with Crippen LogP contribution in [0.3, 0.4) is 0 Å². The molecule has 1 heterocycles. The third kappa shape index (κ3) is 5.22. The largest absolute Gasteiger partial charge is 0.466 e. The highest BCUT2D eigenvalue weighted by Gasteiger charge is 2.10. The lowest BCUT2D eigenvalue weighted by molar-refractivity contribution is -0.143. The Morgan fingerprint density at radius 2 is 1.83 bits per heavy atom. The van der Waals surface area contributed by atoms with Gasteiger partial charge in [-0.15, -0.1) is 0 Å². The van der Waals surface area contributed by atoms with Crippen LogP contribution in [0.4, 0.5) is 0 Å². The van der Waals surface area contributed by atoms with Crippen molar-refractivity contribution < 1.29 is 14.3 Å². The highest BCUT2D eigenvalue weighted by atomic mass is 16.5. The lowest BCUT2D eigenvalue weighted by Crippen LogP contribution is -2.23. The molecule has 2 aromatic carbocycles. The number of amidine groups is 1. The fourth-order valence-electron chi connectivity index (χ4n) is 3.00. The van der Waals surface area contributed by atoms with Crippen LogP contribution in [-0.2, 0) is 22.5 Å². The average Bonchev–Trinajstić information content (AvgIpc) is 3.15. The van der Waals surface area contributed by atoms with Gasteiger partial charge in [0.2, 0.25) is 0 Å². The number of esters is 1. The molecule has 0 aliphatic rings. The Morgan fingerprint density at radius 3 is 2.52 bits per heavy atom. The number of fused-ring (bicyclic) bond motifs is 1. The summed E-state index contributed by atoms with van der Waals surface area (Å²) in [6.45, 7) is 2.58. The Hall–Kier alpha value is -3.61. The molecule has 0 bridgehead atoms. The molecule has 0 spiro atoms. The first-order chi connectivity index (χ1) is 14.0. The number of nitrogen functional groups attached to an aromatic ring is 1. The van der Waals surface area contributed by atoms with Crippen molar-refractivity contribution >= 4 is 28.6 Å². The summed E-state index contributed by atoms with van der Waals surface area (Å²) in [4.78, 5) is 27.0. The second-order valence-electron chi connectivity index (χ2n) is 6.70. The molecule has 1 amide bonds. The number of aromatic nitrogens is 1. The van der Waals surface area contributed by atoms with Gasteiger partial charge in [-0.3, -0.25) is 15.0 Å². The van der Waals surface area contributed by atoms with Crippen LogP contribution in [0, 0.1) is 5.41 Å². The van der Waals surface area contributed by atoms with Crippen molar-refractivity contribution in [2.24, 2.45) is 5.73 Å². The molecule has 3 aromatic rings. The maximum absolute atomic E-state index is 12.5. The molecule has 7 heteroatoms. The number of ether oxygens (including phenoxy) is 1. The predicted molar refractivity (Wildman–Crippen MR) is 112 cm³/mol. The van der Waals surface area contributed by atoms with Crippen LogP contribution in [0.5, 0.6) is 0 Å². The predicted octanol–water partition coefficient (Wildman–Crippen LogP) is 2.88. The minimum Gasteiger partial charge on any atom is -0.466 e. The fraction of sp³-hybridized carbons (Fsp3) is 0.227. The van der Waals surface area contributed by atoms with Gasteiger partial charge in [-0.2, -0.15) is 0 Å². The van der Waals surface area contributed by atoms with E-state index in [4.69, 9.17) is 15.9 Å². The zero-order valence-corrected chi connectivity index (χ0v) is 16.2. The summed E-state index contributed by atoms with van der Waals surface area (Å²) < 4.78 is 4.93. The number of aromatic amines is 1. The minimum atomic E-state index is -0.211. The normalized spacial score (nSPS) is 10.7. The number of carbonyl (C=O) groups is 2. The summed E-state index contributed by atoms with van der Waals surface area (Å²) in [5.41, 5.74) is 9.40. The van der Waals surface area contributed by atoms with Crippen LogP contribution >= 0.6 is 0 Å². The molecule has 7 nitrogen and oxygen atoms in total.